The molecule has 0 N–H and O–H groups in total. The van der Waals surface area contributed by atoms with Crippen molar-refractivity contribution < 1.29 is 9.53 Å². The molecule has 0 saturated heterocycles. The van der Waals surface area contributed by atoms with Crippen molar-refractivity contribution in [1.82, 2.24) is 0 Å². The first-order valence-electron chi connectivity index (χ1n) is 4.67. The molecular weight excluding hydrogens is 256 g/mol. The molecule has 0 fully saturated rings. The topological polar surface area (TPSA) is 26.3 Å². The fourth-order valence-corrected chi connectivity index (χ4v) is 1.12. The van der Waals surface area contributed by atoms with Gasteiger partial charge in [0.15, 0.2) is 0 Å². The first-order valence-corrected chi connectivity index (χ1v) is 5.46. The van der Waals surface area contributed by atoms with E-state index in [1.807, 2.05) is 37.3 Å². The minimum absolute atomic E-state index is 0.238. The van der Waals surface area contributed by atoms with Crippen LogP contribution in [0.4, 0.5) is 0 Å². The van der Waals surface area contributed by atoms with Crippen LogP contribution in [-0.4, -0.2) is 5.97 Å². The SMILES string of the molecule is C/C(Br)=C(\C)OC(=O)Cc1ccccc1. The van der Waals surface area contributed by atoms with Crippen molar-refractivity contribution in [3.05, 3.63) is 46.1 Å². The molecule has 0 aliphatic carbocycles. The van der Waals surface area contributed by atoms with Crippen LogP contribution in [0, 0.1) is 0 Å². The Hall–Kier alpha value is -1.09. The summed E-state index contributed by atoms with van der Waals surface area (Å²) < 4.78 is 5.95. The Morgan fingerprint density at radius 1 is 1.27 bits per heavy atom. The molecule has 0 heterocycles. The number of hydrogen-bond donors (Lipinski definition) is 0. The number of esters is 1. The van der Waals surface area contributed by atoms with Gasteiger partial charge >= 0.3 is 5.97 Å². The second-order valence-electron chi connectivity index (χ2n) is 3.23. The quantitative estimate of drug-likeness (QED) is 0.620. The highest BCUT2D eigenvalue weighted by molar-refractivity contribution is 9.11. The summed E-state index contributed by atoms with van der Waals surface area (Å²) in [5.41, 5.74) is 0.961. The summed E-state index contributed by atoms with van der Waals surface area (Å²) in [4.78, 5) is 11.5. The zero-order valence-corrected chi connectivity index (χ0v) is 10.4. The van der Waals surface area contributed by atoms with Gasteiger partial charge in [0.25, 0.3) is 0 Å². The van der Waals surface area contributed by atoms with Gasteiger partial charge in [0, 0.05) is 4.48 Å². The minimum atomic E-state index is -0.238. The van der Waals surface area contributed by atoms with E-state index in [2.05, 4.69) is 15.9 Å². The number of allylic oxidation sites excluding steroid dienone is 2. The van der Waals surface area contributed by atoms with Crippen molar-refractivity contribution >= 4 is 21.9 Å². The van der Waals surface area contributed by atoms with Crippen molar-refractivity contribution in [2.45, 2.75) is 20.3 Å². The highest BCUT2D eigenvalue weighted by Crippen LogP contribution is 2.12. The summed E-state index contributed by atoms with van der Waals surface area (Å²) in [6, 6.07) is 9.54. The molecule has 1 aromatic carbocycles. The highest BCUT2D eigenvalue weighted by atomic mass is 79.9. The Morgan fingerprint density at radius 3 is 2.40 bits per heavy atom. The third-order valence-electron chi connectivity index (χ3n) is 1.94. The molecule has 3 heteroatoms. The van der Waals surface area contributed by atoms with Gasteiger partial charge in [-0.1, -0.05) is 46.3 Å². The Kier molecular flexibility index (Phi) is 4.56. The van der Waals surface area contributed by atoms with Crippen molar-refractivity contribution in [3.8, 4) is 0 Å². The van der Waals surface area contributed by atoms with Crippen molar-refractivity contribution in [3.63, 3.8) is 0 Å². The van der Waals surface area contributed by atoms with Gasteiger partial charge in [0.1, 0.15) is 5.76 Å². The van der Waals surface area contributed by atoms with Crippen LogP contribution < -0.4 is 0 Å². The number of ether oxygens (including phenoxy) is 1. The summed E-state index contributed by atoms with van der Waals surface area (Å²) in [6.45, 7) is 3.60. The van der Waals surface area contributed by atoms with Crippen molar-refractivity contribution in [2.24, 2.45) is 0 Å². The van der Waals surface area contributed by atoms with Gasteiger partial charge < -0.3 is 4.74 Å². The zero-order valence-electron chi connectivity index (χ0n) is 8.79. The van der Waals surface area contributed by atoms with Crippen LogP contribution >= 0.6 is 15.9 Å². The summed E-state index contributed by atoms with van der Waals surface area (Å²) in [6.07, 6.45) is 0.304. The molecule has 0 atom stereocenters. The lowest BCUT2D eigenvalue weighted by Gasteiger charge is -2.05. The van der Waals surface area contributed by atoms with Gasteiger partial charge in [-0.25, -0.2) is 0 Å². The Morgan fingerprint density at radius 2 is 1.87 bits per heavy atom. The summed E-state index contributed by atoms with van der Waals surface area (Å²) in [5.74, 6) is 0.369. The number of rotatable bonds is 3. The monoisotopic (exact) mass is 268 g/mol. The van der Waals surface area contributed by atoms with Crippen LogP contribution in [0.15, 0.2) is 40.6 Å². The minimum Gasteiger partial charge on any atom is -0.430 e. The lowest BCUT2D eigenvalue weighted by molar-refractivity contribution is -0.138. The van der Waals surface area contributed by atoms with Gasteiger partial charge in [-0.2, -0.15) is 0 Å². The second-order valence-corrected chi connectivity index (χ2v) is 4.42. The zero-order chi connectivity index (χ0) is 11.3. The Bertz CT molecular complexity index is 364. The molecule has 2 nitrogen and oxygen atoms in total. The highest BCUT2D eigenvalue weighted by Gasteiger charge is 2.06. The van der Waals surface area contributed by atoms with E-state index in [1.165, 1.54) is 0 Å². The van der Waals surface area contributed by atoms with E-state index >= 15 is 0 Å². The Labute approximate surface area is 98.1 Å². The van der Waals surface area contributed by atoms with Gasteiger partial charge in [-0.15, -0.1) is 0 Å². The van der Waals surface area contributed by atoms with Gasteiger partial charge in [0.2, 0.25) is 0 Å². The summed E-state index contributed by atoms with van der Waals surface area (Å²) in [5, 5.41) is 0. The predicted octanol–water partition coefficient (Wildman–Crippen LogP) is 3.42. The average molecular weight is 269 g/mol. The van der Waals surface area contributed by atoms with E-state index in [-0.39, 0.29) is 5.97 Å². The molecule has 0 saturated carbocycles. The second kappa shape index (κ2) is 5.71. The predicted molar refractivity (Wildman–Crippen MR) is 63.5 cm³/mol. The molecule has 0 spiro atoms. The largest absolute Gasteiger partial charge is 0.430 e. The van der Waals surface area contributed by atoms with Gasteiger partial charge in [-0.05, 0) is 19.4 Å². The molecule has 0 radical (unpaired) electrons. The molecule has 1 aromatic rings. The maximum Gasteiger partial charge on any atom is 0.315 e. The van der Waals surface area contributed by atoms with Crippen molar-refractivity contribution in [2.75, 3.05) is 0 Å². The Balaban J connectivity index is 2.55. The van der Waals surface area contributed by atoms with E-state index in [4.69, 9.17) is 4.74 Å². The normalized spacial score (nSPS) is 11.9. The molecule has 0 aromatic heterocycles. The maximum atomic E-state index is 11.5. The standard InChI is InChI=1S/C12H13BrO2/c1-9(13)10(2)15-12(14)8-11-6-4-3-5-7-11/h3-7H,8H2,1-2H3/b10-9-. The molecule has 0 unspecified atom stereocenters. The smallest absolute Gasteiger partial charge is 0.315 e. The number of benzene rings is 1. The van der Waals surface area contributed by atoms with E-state index < -0.39 is 0 Å². The third-order valence-corrected chi connectivity index (χ3v) is 2.50. The van der Waals surface area contributed by atoms with E-state index in [1.54, 1.807) is 6.92 Å². The first-order chi connectivity index (χ1) is 7.09. The maximum absolute atomic E-state index is 11.5. The third kappa shape index (κ3) is 4.30. The fraction of sp³-hybridized carbons (Fsp3) is 0.250. The first kappa shape index (κ1) is 12.0. The van der Waals surface area contributed by atoms with E-state index in [0.29, 0.717) is 12.2 Å². The van der Waals surface area contributed by atoms with Crippen molar-refractivity contribution in [1.29, 1.82) is 0 Å². The lowest BCUT2D eigenvalue weighted by Crippen LogP contribution is -2.06. The van der Waals surface area contributed by atoms with E-state index in [9.17, 15) is 4.79 Å². The molecule has 0 amide bonds. The molecular formula is C12H13BrO2. The van der Waals surface area contributed by atoms with Crippen LogP contribution in [0.25, 0.3) is 0 Å². The average Bonchev–Trinajstić information content (AvgIpc) is 2.18. The molecule has 15 heavy (non-hydrogen) atoms. The molecule has 0 aliphatic heterocycles. The number of carbonyl (C=O) groups is 1. The van der Waals surface area contributed by atoms with Gasteiger partial charge in [-0.3, -0.25) is 4.79 Å². The van der Waals surface area contributed by atoms with Crippen LogP contribution in [0.3, 0.4) is 0 Å². The lowest BCUT2D eigenvalue weighted by atomic mass is 10.2. The van der Waals surface area contributed by atoms with Gasteiger partial charge in [0.05, 0.1) is 6.42 Å². The number of halogens is 1. The van der Waals surface area contributed by atoms with Crippen LogP contribution in [-0.2, 0) is 16.0 Å². The number of carbonyl (C=O) groups excluding carboxylic acids is 1. The molecule has 0 aliphatic rings. The molecule has 1 rings (SSSR count). The van der Waals surface area contributed by atoms with Crippen LogP contribution in [0.5, 0.6) is 0 Å². The molecule has 80 valence electrons. The van der Waals surface area contributed by atoms with E-state index in [0.717, 1.165) is 10.0 Å². The fourth-order valence-electron chi connectivity index (χ4n) is 1.04. The summed E-state index contributed by atoms with van der Waals surface area (Å²) >= 11 is 3.26. The van der Waals surface area contributed by atoms with Crippen LogP contribution in [0.2, 0.25) is 0 Å². The number of hydrogen-bond acceptors (Lipinski definition) is 2. The van der Waals surface area contributed by atoms with Crippen LogP contribution in [0.1, 0.15) is 19.4 Å². The molecule has 0 bridgehead atoms. The summed E-state index contributed by atoms with van der Waals surface area (Å²) in [7, 11) is 0.